The van der Waals surface area contributed by atoms with Crippen LogP contribution in [0.5, 0.6) is 5.75 Å². The Bertz CT molecular complexity index is 771. The number of carboxylic acid groups (broad SMARTS) is 1. The Kier molecular flexibility index (Phi) is 5.30. The molecule has 0 fully saturated rings. The van der Waals surface area contributed by atoms with Gasteiger partial charge in [0.25, 0.3) is 5.91 Å². The number of rotatable bonds is 6. The molecule has 2 N–H and O–H groups in total. The summed E-state index contributed by atoms with van der Waals surface area (Å²) in [6, 6.07) is 4.20. The Hall–Kier alpha value is -3.17. The van der Waals surface area contributed by atoms with Crippen molar-refractivity contribution in [2.75, 3.05) is 0 Å². The predicted octanol–water partition coefficient (Wildman–Crippen LogP) is 1.85. The number of nitrogens with one attached hydrogen (secondary N) is 1. The van der Waals surface area contributed by atoms with E-state index in [1.54, 1.807) is 0 Å². The molecule has 0 saturated carbocycles. The highest BCUT2D eigenvalue weighted by molar-refractivity contribution is 5.94. The summed E-state index contributed by atoms with van der Waals surface area (Å²) in [4.78, 5) is 29.8. The van der Waals surface area contributed by atoms with Crippen molar-refractivity contribution in [3.05, 3.63) is 53.4 Å². The summed E-state index contributed by atoms with van der Waals surface area (Å²) in [5, 5.41) is 11.2. The van der Waals surface area contributed by atoms with Gasteiger partial charge < -0.3 is 15.2 Å². The molecule has 0 spiro atoms. The second kappa shape index (κ2) is 7.40. The van der Waals surface area contributed by atoms with Crippen molar-refractivity contribution in [1.82, 2.24) is 15.3 Å². The van der Waals surface area contributed by atoms with Gasteiger partial charge >= 0.3 is 12.6 Å². The van der Waals surface area contributed by atoms with E-state index in [4.69, 9.17) is 5.11 Å². The third-order valence-electron chi connectivity index (χ3n) is 2.78. The number of carbonyl (C=O) groups is 2. The van der Waals surface area contributed by atoms with Crippen LogP contribution in [0.2, 0.25) is 0 Å². The lowest BCUT2D eigenvalue weighted by Gasteiger charge is -2.09. The summed E-state index contributed by atoms with van der Waals surface area (Å²) in [5.41, 5.74) is -0.244. The molecular formula is C14H10F3N3O4. The number of aromatic carboxylic acids is 1. The SMILES string of the molecule is O=C(O)c1cc(C(=O)NCc2ccc(F)c(OC(F)F)c2)ncn1. The minimum atomic E-state index is -3.18. The van der Waals surface area contributed by atoms with Gasteiger partial charge in [0, 0.05) is 12.6 Å². The largest absolute Gasteiger partial charge is 0.477 e. The van der Waals surface area contributed by atoms with E-state index in [1.165, 1.54) is 6.07 Å². The Morgan fingerprint density at radius 3 is 2.58 bits per heavy atom. The molecule has 0 bridgehead atoms. The van der Waals surface area contributed by atoms with Crippen LogP contribution in [0.15, 0.2) is 30.6 Å². The molecule has 0 radical (unpaired) electrons. The van der Waals surface area contributed by atoms with Gasteiger partial charge in [-0.05, 0) is 17.7 Å². The fraction of sp³-hybridized carbons (Fsp3) is 0.143. The van der Waals surface area contributed by atoms with Crippen molar-refractivity contribution >= 4 is 11.9 Å². The molecule has 1 aromatic carbocycles. The zero-order valence-electron chi connectivity index (χ0n) is 11.9. The number of nitrogens with zero attached hydrogens (tertiary/aromatic N) is 2. The predicted molar refractivity (Wildman–Crippen MR) is 73.2 cm³/mol. The molecule has 0 aliphatic heterocycles. The highest BCUT2D eigenvalue weighted by atomic mass is 19.3. The minimum absolute atomic E-state index is 0.134. The monoisotopic (exact) mass is 341 g/mol. The summed E-state index contributed by atoms with van der Waals surface area (Å²) in [7, 11) is 0. The van der Waals surface area contributed by atoms with E-state index in [9.17, 15) is 22.8 Å². The average Bonchev–Trinajstić information content (AvgIpc) is 2.55. The van der Waals surface area contributed by atoms with Crippen molar-refractivity contribution < 1.29 is 32.6 Å². The van der Waals surface area contributed by atoms with Gasteiger partial charge in [0.1, 0.15) is 12.0 Å². The van der Waals surface area contributed by atoms with E-state index < -0.39 is 30.1 Å². The molecule has 2 rings (SSSR count). The summed E-state index contributed by atoms with van der Waals surface area (Å²) in [6.45, 7) is -3.31. The number of aromatic nitrogens is 2. The minimum Gasteiger partial charge on any atom is -0.477 e. The van der Waals surface area contributed by atoms with Crippen LogP contribution in [-0.4, -0.2) is 33.6 Å². The van der Waals surface area contributed by atoms with E-state index in [0.29, 0.717) is 5.56 Å². The third-order valence-corrected chi connectivity index (χ3v) is 2.78. The summed E-state index contributed by atoms with van der Waals surface area (Å²) in [5.74, 6) is -3.64. The number of carboxylic acids is 1. The van der Waals surface area contributed by atoms with Crippen LogP contribution in [0.1, 0.15) is 26.5 Å². The maximum absolute atomic E-state index is 13.3. The number of alkyl halides is 2. The Morgan fingerprint density at radius 1 is 1.21 bits per heavy atom. The zero-order chi connectivity index (χ0) is 17.7. The first kappa shape index (κ1) is 17.2. The van der Waals surface area contributed by atoms with Crippen molar-refractivity contribution in [3.8, 4) is 5.75 Å². The highest BCUT2D eigenvalue weighted by Gasteiger charge is 2.14. The normalized spacial score (nSPS) is 10.5. The quantitative estimate of drug-likeness (QED) is 0.831. The molecule has 126 valence electrons. The molecule has 1 heterocycles. The van der Waals surface area contributed by atoms with Gasteiger partial charge in [-0.1, -0.05) is 6.07 Å². The molecular weight excluding hydrogens is 331 g/mol. The maximum Gasteiger partial charge on any atom is 0.387 e. The van der Waals surface area contributed by atoms with Gasteiger partial charge in [0.2, 0.25) is 0 Å². The molecule has 2 aromatic rings. The number of amides is 1. The second-order valence-electron chi connectivity index (χ2n) is 4.42. The lowest BCUT2D eigenvalue weighted by molar-refractivity contribution is -0.0522. The highest BCUT2D eigenvalue weighted by Crippen LogP contribution is 2.20. The van der Waals surface area contributed by atoms with Crippen molar-refractivity contribution in [3.63, 3.8) is 0 Å². The van der Waals surface area contributed by atoms with Crippen LogP contribution in [-0.2, 0) is 6.54 Å². The number of halogens is 3. The van der Waals surface area contributed by atoms with E-state index in [2.05, 4.69) is 20.0 Å². The lowest BCUT2D eigenvalue weighted by Crippen LogP contribution is -2.24. The molecule has 7 nitrogen and oxygen atoms in total. The van der Waals surface area contributed by atoms with Gasteiger partial charge in [-0.25, -0.2) is 19.2 Å². The molecule has 24 heavy (non-hydrogen) atoms. The fourth-order valence-electron chi connectivity index (χ4n) is 1.72. The van der Waals surface area contributed by atoms with Crippen LogP contribution >= 0.6 is 0 Å². The van der Waals surface area contributed by atoms with Crippen molar-refractivity contribution in [1.29, 1.82) is 0 Å². The molecule has 0 aliphatic carbocycles. The van der Waals surface area contributed by atoms with Crippen LogP contribution < -0.4 is 10.1 Å². The van der Waals surface area contributed by atoms with Crippen LogP contribution in [0.3, 0.4) is 0 Å². The van der Waals surface area contributed by atoms with Crippen molar-refractivity contribution in [2.45, 2.75) is 13.2 Å². The van der Waals surface area contributed by atoms with E-state index in [0.717, 1.165) is 24.5 Å². The topological polar surface area (TPSA) is 101 Å². The lowest BCUT2D eigenvalue weighted by atomic mass is 10.2. The summed E-state index contributed by atoms with van der Waals surface area (Å²) < 4.78 is 41.6. The summed E-state index contributed by atoms with van der Waals surface area (Å²) in [6.07, 6.45) is 0.921. The number of carbonyl (C=O) groups excluding carboxylic acids is 1. The van der Waals surface area contributed by atoms with Gasteiger partial charge in [-0.2, -0.15) is 8.78 Å². The van der Waals surface area contributed by atoms with Crippen LogP contribution in [0, 0.1) is 5.82 Å². The molecule has 1 amide bonds. The standard InChI is InChI=1S/C14H10F3N3O4/c15-8-2-1-7(3-11(8)24-14(16)17)5-18-12(21)9-4-10(13(22)23)20-6-19-9/h1-4,6,14H,5H2,(H,18,21)(H,22,23). The number of hydrogen-bond donors (Lipinski definition) is 2. The van der Waals surface area contributed by atoms with Gasteiger partial charge in [-0.15, -0.1) is 0 Å². The molecule has 10 heteroatoms. The fourth-order valence-corrected chi connectivity index (χ4v) is 1.72. The van der Waals surface area contributed by atoms with Crippen molar-refractivity contribution in [2.24, 2.45) is 0 Å². The Morgan fingerprint density at radius 2 is 1.92 bits per heavy atom. The first-order valence-corrected chi connectivity index (χ1v) is 6.43. The zero-order valence-corrected chi connectivity index (χ0v) is 11.9. The number of hydrogen-bond acceptors (Lipinski definition) is 5. The number of benzene rings is 1. The maximum atomic E-state index is 13.3. The molecule has 0 unspecified atom stereocenters. The first-order valence-electron chi connectivity index (χ1n) is 6.43. The second-order valence-corrected chi connectivity index (χ2v) is 4.42. The van der Waals surface area contributed by atoms with Gasteiger partial charge in [0.15, 0.2) is 17.3 Å². The smallest absolute Gasteiger partial charge is 0.387 e. The van der Waals surface area contributed by atoms with Gasteiger partial charge in [0.05, 0.1) is 0 Å². The third kappa shape index (κ3) is 4.41. The van der Waals surface area contributed by atoms with Crippen LogP contribution in [0.25, 0.3) is 0 Å². The molecule has 0 saturated heterocycles. The summed E-state index contributed by atoms with van der Waals surface area (Å²) >= 11 is 0. The molecule has 0 aliphatic rings. The molecule has 1 aromatic heterocycles. The number of ether oxygens (including phenoxy) is 1. The van der Waals surface area contributed by atoms with Crippen LogP contribution in [0.4, 0.5) is 13.2 Å². The Balaban J connectivity index is 2.06. The van der Waals surface area contributed by atoms with Gasteiger partial charge in [-0.3, -0.25) is 4.79 Å². The molecule has 0 atom stereocenters. The van der Waals surface area contributed by atoms with E-state index >= 15 is 0 Å². The first-order chi connectivity index (χ1) is 11.4. The Labute approximate surface area is 133 Å². The van der Waals surface area contributed by atoms with E-state index in [-0.39, 0.29) is 17.9 Å². The average molecular weight is 341 g/mol. The van der Waals surface area contributed by atoms with E-state index in [1.807, 2.05) is 0 Å².